The Kier molecular flexibility index (Phi) is 5.48. The van der Waals surface area contributed by atoms with Gasteiger partial charge in [-0.15, -0.1) is 0 Å². The SMILES string of the molecule is COC(=O)c1cn(C(=O)[C@@H](C)N(c2ccc(C)cc2)S(C)(=O)=O)c2ccccc12. The standard InChI is InChI=1S/C21H22N2O5S/c1-14-9-11-16(12-10-14)23(29(4,26)27)15(2)20(24)22-13-18(21(25)28-3)17-7-5-6-8-19(17)22/h5-13,15H,1-4H3/t15-/m1/s1. The number of hydrogen-bond donors (Lipinski definition) is 0. The van der Waals surface area contributed by atoms with Gasteiger partial charge < -0.3 is 4.74 Å². The molecule has 3 rings (SSSR count). The van der Waals surface area contributed by atoms with Crippen molar-refractivity contribution in [2.75, 3.05) is 17.7 Å². The van der Waals surface area contributed by atoms with Gasteiger partial charge in [0, 0.05) is 11.6 Å². The van der Waals surface area contributed by atoms with Crippen molar-refractivity contribution in [2.24, 2.45) is 0 Å². The number of benzene rings is 2. The average molecular weight is 414 g/mol. The molecule has 0 saturated heterocycles. The molecule has 0 spiro atoms. The zero-order valence-corrected chi connectivity index (χ0v) is 17.4. The zero-order chi connectivity index (χ0) is 21.3. The molecule has 7 nitrogen and oxygen atoms in total. The Balaban J connectivity index is 2.11. The van der Waals surface area contributed by atoms with Crippen LogP contribution in [-0.4, -0.2) is 44.3 Å². The third-order valence-corrected chi connectivity index (χ3v) is 5.95. The van der Waals surface area contributed by atoms with E-state index in [9.17, 15) is 18.0 Å². The summed E-state index contributed by atoms with van der Waals surface area (Å²) in [4.78, 5) is 25.4. The fourth-order valence-corrected chi connectivity index (χ4v) is 4.50. The molecule has 0 bridgehead atoms. The van der Waals surface area contributed by atoms with Crippen LogP contribution in [0.2, 0.25) is 0 Å². The Morgan fingerprint density at radius 2 is 1.69 bits per heavy atom. The topological polar surface area (TPSA) is 85.7 Å². The molecule has 0 unspecified atom stereocenters. The number of esters is 1. The summed E-state index contributed by atoms with van der Waals surface area (Å²) < 4.78 is 32.2. The minimum absolute atomic E-state index is 0.241. The second-order valence-corrected chi connectivity index (χ2v) is 8.69. The van der Waals surface area contributed by atoms with Crippen LogP contribution in [-0.2, 0) is 14.8 Å². The largest absolute Gasteiger partial charge is 0.465 e. The van der Waals surface area contributed by atoms with E-state index in [1.165, 1.54) is 24.8 Å². The number of para-hydroxylation sites is 1. The first-order chi connectivity index (χ1) is 13.6. The number of anilines is 1. The van der Waals surface area contributed by atoms with Gasteiger partial charge in [0.1, 0.15) is 6.04 Å². The van der Waals surface area contributed by atoms with Gasteiger partial charge in [-0.25, -0.2) is 13.2 Å². The number of fused-ring (bicyclic) bond motifs is 1. The van der Waals surface area contributed by atoms with Gasteiger partial charge >= 0.3 is 5.97 Å². The number of carbonyl (C=O) groups is 2. The van der Waals surface area contributed by atoms with Crippen LogP contribution in [0.4, 0.5) is 5.69 Å². The van der Waals surface area contributed by atoms with Gasteiger partial charge in [0.15, 0.2) is 0 Å². The quantitative estimate of drug-likeness (QED) is 0.599. The molecule has 0 aliphatic carbocycles. The molecule has 0 amide bonds. The van der Waals surface area contributed by atoms with Gasteiger partial charge in [-0.05, 0) is 32.0 Å². The van der Waals surface area contributed by atoms with Crippen molar-refractivity contribution in [1.82, 2.24) is 4.57 Å². The maximum absolute atomic E-state index is 13.3. The summed E-state index contributed by atoms with van der Waals surface area (Å²) in [5.74, 6) is -1.05. The van der Waals surface area contributed by atoms with Gasteiger partial charge in [0.05, 0.1) is 30.1 Å². The summed E-state index contributed by atoms with van der Waals surface area (Å²) in [6, 6.07) is 12.8. The monoisotopic (exact) mass is 414 g/mol. The lowest BCUT2D eigenvalue weighted by atomic mass is 10.2. The van der Waals surface area contributed by atoms with Crippen molar-refractivity contribution >= 4 is 38.5 Å². The second-order valence-electron chi connectivity index (χ2n) is 6.83. The van der Waals surface area contributed by atoms with E-state index in [4.69, 9.17) is 4.74 Å². The molecule has 1 atom stereocenters. The number of rotatable bonds is 5. The normalized spacial score (nSPS) is 12.6. The van der Waals surface area contributed by atoms with Crippen molar-refractivity contribution in [1.29, 1.82) is 0 Å². The zero-order valence-electron chi connectivity index (χ0n) is 16.6. The third kappa shape index (κ3) is 3.88. The fourth-order valence-electron chi connectivity index (χ4n) is 3.33. The van der Waals surface area contributed by atoms with Crippen LogP contribution in [0.3, 0.4) is 0 Å². The van der Waals surface area contributed by atoms with E-state index in [0.717, 1.165) is 16.1 Å². The number of aryl methyl sites for hydroxylation is 1. The number of aromatic nitrogens is 1. The molecular weight excluding hydrogens is 392 g/mol. The maximum Gasteiger partial charge on any atom is 0.340 e. The fraction of sp³-hybridized carbons (Fsp3) is 0.238. The van der Waals surface area contributed by atoms with E-state index in [1.54, 1.807) is 48.5 Å². The lowest BCUT2D eigenvalue weighted by Gasteiger charge is -2.28. The number of hydrogen-bond acceptors (Lipinski definition) is 5. The molecule has 0 fully saturated rings. The molecule has 0 aliphatic rings. The number of methoxy groups -OCH3 is 1. The van der Waals surface area contributed by atoms with Crippen LogP contribution in [0, 0.1) is 6.92 Å². The Morgan fingerprint density at radius 1 is 1.07 bits per heavy atom. The van der Waals surface area contributed by atoms with Crippen LogP contribution in [0.1, 0.15) is 27.6 Å². The summed E-state index contributed by atoms with van der Waals surface area (Å²) in [6.07, 6.45) is 2.45. The summed E-state index contributed by atoms with van der Waals surface area (Å²) >= 11 is 0. The summed E-state index contributed by atoms with van der Waals surface area (Å²) in [5, 5.41) is 0.557. The first kappa shape index (κ1) is 20.6. The van der Waals surface area contributed by atoms with E-state index in [0.29, 0.717) is 16.6 Å². The predicted molar refractivity (Wildman–Crippen MR) is 112 cm³/mol. The van der Waals surface area contributed by atoms with Crippen molar-refractivity contribution in [3.63, 3.8) is 0 Å². The van der Waals surface area contributed by atoms with E-state index >= 15 is 0 Å². The first-order valence-electron chi connectivity index (χ1n) is 8.94. The smallest absolute Gasteiger partial charge is 0.340 e. The second kappa shape index (κ2) is 7.71. The highest BCUT2D eigenvalue weighted by molar-refractivity contribution is 7.92. The first-order valence-corrected chi connectivity index (χ1v) is 10.8. The minimum atomic E-state index is -3.74. The summed E-state index contributed by atoms with van der Waals surface area (Å²) in [6.45, 7) is 3.42. The molecule has 1 aromatic heterocycles. The highest BCUT2D eigenvalue weighted by Gasteiger charge is 2.31. The van der Waals surface area contributed by atoms with Gasteiger partial charge in [-0.3, -0.25) is 13.7 Å². The van der Waals surface area contributed by atoms with Crippen molar-refractivity contribution in [3.8, 4) is 0 Å². The number of sulfonamides is 1. The van der Waals surface area contributed by atoms with Crippen LogP contribution in [0.5, 0.6) is 0 Å². The molecule has 2 aromatic carbocycles. The Bertz CT molecular complexity index is 1180. The van der Waals surface area contributed by atoms with Crippen LogP contribution in [0.25, 0.3) is 10.9 Å². The number of ether oxygens (including phenoxy) is 1. The molecule has 1 heterocycles. The lowest BCUT2D eigenvalue weighted by molar-refractivity contribution is 0.0603. The van der Waals surface area contributed by atoms with Crippen molar-refractivity contribution in [2.45, 2.75) is 19.9 Å². The van der Waals surface area contributed by atoms with E-state index < -0.39 is 27.9 Å². The summed E-state index contributed by atoms with van der Waals surface area (Å²) in [7, 11) is -2.48. The molecule has 0 aliphatic heterocycles. The van der Waals surface area contributed by atoms with E-state index in [-0.39, 0.29) is 5.56 Å². The predicted octanol–water partition coefficient (Wildman–Crippen LogP) is 3.23. The van der Waals surface area contributed by atoms with Crippen molar-refractivity contribution in [3.05, 3.63) is 65.9 Å². The Morgan fingerprint density at radius 3 is 2.28 bits per heavy atom. The average Bonchev–Trinajstić information content (AvgIpc) is 3.07. The van der Waals surface area contributed by atoms with E-state index in [2.05, 4.69) is 0 Å². The summed E-state index contributed by atoms with van der Waals surface area (Å²) in [5.41, 5.74) is 2.11. The molecule has 8 heteroatoms. The van der Waals surface area contributed by atoms with Gasteiger partial charge in [0.25, 0.3) is 5.91 Å². The molecule has 152 valence electrons. The Labute approximate surface area is 169 Å². The van der Waals surface area contributed by atoms with Crippen LogP contribution < -0.4 is 4.31 Å². The molecule has 0 N–H and O–H groups in total. The molecular formula is C21H22N2O5S. The lowest BCUT2D eigenvalue weighted by Crippen LogP contribution is -2.44. The highest BCUT2D eigenvalue weighted by atomic mass is 32.2. The van der Waals surface area contributed by atoms with Gasteiger partial charge in [-0.1, -0.05) is 35.9 Å². The molecule has 29 heavy (non-hydrogen) atoms. The molecule has 0 radical (unpaired) electrons. The highest BCUT2D eigenvalue weighted by Crippen LogP contribution is 2.26. The van der Waals surface area contributed by atoms with Gasteiger partial charge in [-0.2, -0.15) is 0 Å². The minimum Gasteiger partial charge on any atom is -0.465 e. The van der Waals surface area contributed by atoms with E-state index in [1.807, 2.05) is 6.92 Å². The van der Waals surface area contributed by atoms with Crippen molar-refractivity contribution < 1.29 is 22.7 Å². The number of nitrogens with zero attached hydrogens (tertiary/aromatic N) is 2. The molecule has 3 aromatic rings. The Hall–Kier alpha value is -3.13. The molecule has 0 saturated carbocycles. The number of carbonyl (C=O) groups excluding carboxylic acids is 2. The van der Waals surface area contributed by atoms with Crippen LogP contribution >= 0.6 is 0 Å². The van der Waals surface area contributed by atoms with Gasteiger partial charge in [0.2, 0.25) is 10.0 Å². The third-order valence-electron chi connectivity index (χ3n) is 4.71. The van der Waals surface area contributed by atoms with Crippen LogP contribution in [0.15, 0.2) is 54.7 Å². The maximum atomic E-state index is 13.3.